The van der Waals surface area contributed by atoms with E-state index in [2.05, 4.69) is 23.1 Å². The average Bonchev–Trinajstić information content (AvgIpc) is 3.11. The van der Waals surface area contributed by atoms with Crippen molar-refractivity contribution in [2.45, 2.75) is 25.9 Å². The van der Waals surface area contributed by atoms with Crippen LogP contribution in [0.25, 0.3) is 0 Å². The molecule has 2 aromatic rings. The van der Waals surface area contributed by atoms with Gasteiger partial charge in [0.1, 0.15) is 11.4 Å². The molecule has 1 atom stereocenters. The Morgan fingerprint density at radius 3 is 2.72 bits per heavy atom. The van der Waals surface area contributed by atoms with Gasteiger partial charge in [0.25, 0.3) is 5.91 Å². The normalized spacial score (nSPS) is 18.6. The zero-order valence-corrected chi connectivity index (χ0v) is 15.3. The molecule has 1 fully saturated rings. The summed E-state index contributed by atoms with van der Waals surface area (Å²) in [5, 5.41) is 4.29. The van der Waals surface area contributed by atoms with Crippen LogP contribution in [-0.2, 0) is 0 Å². The third kappa shape index (κ3) is 3.39. The highest BCUT2D eigenvalue weighted by atomic mass is 16.5. The standard InChI is InChI=1S/C19H26N4O2/c1-14(2)23-16(9-10-20-23)19(24)22-12-11-21(3)17(13-22)15-7-5-6-8-18(15)25-4/h5-10,14,17H,11-13H2,1-4H3. The molecular formula is C19H26N4O2. The molecule has 1 aromatic heterocycles. The van der Waals surface area contributed by atoms with Crippen molar-refractivity contribution in [3.63, 3.8) is 0 Å². The lowest BCUT2D eigenvalue weighted by Crippen LogP contribution is -2.49. The minimum Gasteiger partial charge on any atom is -0.496 e. The summed E-state index contributed by atoms with van der Waals surface area (Å²) in [6, 6.07) is 10.1. The number of piperazine rings is 1. The van der Waals surface area contributed by atoms with Gasteiger partial charge in [0, 0.05) is 37.4 Å². The maximum atomic E-state index is 13.0. The van der Waals surface area contributed by atoms with Gasteiger partial charge >= 0.3 is 0 Å². The first-order valence-corrected chi connectivity index (χ1v) is 8.69. The van der Waals surface area contributed by atoms with Gasteiger partial charge in [-0.15, -0.1) is 0 Å². The van der Waals surface area contributed by atoms with Crippen LogP contribution in [0.1, 0.15) is 42.0 Å². The number of likely N-dealkylation sites (N-methyl/N-ethyl adjacent to an activating group) is 1. The zero-order chi connectivity index (χ0) is 18.0. The van der Waals surface area contributed by atoms with Crippen molar-refractivity contribution < 1.29 is 9.53 Å². The summed E-state index contributed by atoms with van der Waals surface area (Å²) in [6.07, 6.45) is 1.70. The van der Waals surface area contributed by atoms with Crippen molar-refractivity contribution in [3.05, 3.63) is 47.8 Å². The molecule has 1 unspecified atom stereocenters. The molecule has 25 heavy (non-hydrogen) atoms. The molecule has 0 radical (unpaired) electrons. The second-order valence-electron chi connectivity index (χ2n) is 6.74. The van der Waals surface area contributed by atoms with E-state index in [4.69, 9.17) is 4.74 Å². The fourth-order valence-corrected chi connectivity index (χ4v) is 3.39. The van der Waals surface area contributed by atoms with E-state index in [1.54, 1.807) is 24.1 Å². The van der Waals surface area contributed by atoms with Crippen LogP contribution < -0.4 is 4.74 Å². The Bertz CT molecular complexity index is 741. The Morgan fingerprint density at radius 2 is 2.00 bits per heavy atom. The highest BCUT2D eigenvalue weighted by Crippen LogP contribution is 2.31. The lowest BCUT2D eigenvalue weighted by Gasteiger charge is -2.40. The van der Waals surface area contributed by atoms with Gasteiger partial charge in [0.2, 0.25) is 0 Å². The molecule has 1 aromatic carbocycles. The summed E-state index contributed by atoms with van der Waals surface area (Å²) in [7, 11) is 3.78. The minimum absolute atomic E-state index is 0.0409. The number of nitrogens with zero attached hydrogens (tertiary/aromatic N) is 4. The van der Waals surface area contributed by atoms with Gasteiger partial charge in [0.15, 0.2) is 0 Å². The van der Waals surface area contributed by atoms with Crippen LogP contribution in [0.2, 0.25) is 0 Å². The van der Waals surface area contributed by atoms with Gasteiger partial charge in [-0.1, -0.05) is 18.2 Å². The van der Waals surface area contributed by atoms with Crippen molar-refractivity contribution >= 4 is 5.91 Å². The molecule has 134 valence electrons. The maximum Gasteiger partial charge on any atom is 0.272 e. The molecule has 1 aliphatic rings. The lowest BCUT2D eigenvalue weighted by molar-refractivity contribution is 0.0529. The number of carbonyl (C=O) groups is 1. The maximum absolute atomic E-state index is 13.0. The predicted molar refractivity (Wildman–Crippen MR) is 96.9 cm³/mol. The van der Waals surface area contributed by atoms with Gasteiger partial charge in [0.05, 0.1) is 13.2 Å². The number of benzene rings is 1. The van der Waals surface area contributed by atoms with Crippen LogP contribution in [0.15, 0.2) is 36.5 Å². The third-order valence-electron chi connectivity index (χ3n) is 4.81. The average molecular weight is 342 g/mol. The van der Waals surface area contributed by atoms with Crippen LogP contribution in [-0.4, -0.2) is 59.3 Å². The van der Waals surface area contributed by atoms with E-state index in [0.717, 1.165) is 17.9 Å². The van der Waals surface area contributed by atoms with Gasteiger partial charge in [-0.25, -0.2) is 0 Å². The summed E-state index contributed by atoms with van der Waals surface area (Å²) in [5.41, 5.74) is 1.76. The SMILES string of the molecule is COc1ccccc1C1CN(C(=O)c2ccnn2C(C)C)CCN1C. The van der Waals surface area contributed by atoms with Crippen LogP contribution in [0.4, 0.5) is 0 Å². The summed E-state index contributed by atoms with van der Waals surface area (Å²) >= 11 is 0. The number of aromatic nitrogens is 2. The molecular weight excluding hydrogens is 316 g/mol. The first-order chi connectivity index (χ1) is 12.0. The van der Waals surface area contributed by atoms with Crippen LogP contribution >= 0.6 is 0 Å². The number of methoxy groups -OCH3 is 1. The molecule has 3 rings (SSSR count). The molecule has 0 saturated carbocycles. The molecule has 0 spiro atoms. The Hall–Kier alpha value is -2.34. The fourth-order valence-electron chi connectivity index (χ4n) is 3.39. The third-order valence-corrected chi connectivity index (χ3v) is 4.81. The van der Waals surface area contributed by atoms with E-state index in [-0.39, 0.29) is 18.0 Å². The van der Waals surface area contributed by atoms with Crippen molar-refractivity contribution in [2.75, 3.05) is 33.8 Å². The monoisotopic (exact) mass is 342 g/mol. The fraction of sp³-hybridized carbons (Fsp3) is 0.474. The number of hydrogen-bond acceptors (Lipinski definition) is 4. The van der Waals surface area contributed by atoms with Crippen LogP contribution in [0, 0.1) is 0 Å². The van der Waals surface area contributed by atoms with E-state index in [1.165, 1.54) is 0 Å². The molecule has 2 heterocycles. The number of amides is 1. The van der Waals surface area contributed by atoms with Gasteiger partial charge in [-0.05, 0) is 33.0 Å². The van der Waals surface area contributed by atoms with Gasteiger partial charge in [-0.2, -0.15) is 5.10 Å². The Kier molecular flexibility index (Phi) is 5.08. The van der Waals surface area contributed by atoms with Crippen molar-refractivity contribution in [3.8, 4) is 5.75 Å². The number of para-hydroxylation sites is 1. The van der Waals surface area contributed by atoms with Crippen LogP contribution in [0.5, 0.6) is 5.75 Å². The number of ether oxygens (including phenoxy) is 1. The smallest absolute Gasteiger partial charge is 0.272 e. The summed E-state index contributed by atoms with van der Waals surface area (Å²) < 4.78 is 7.31. The summed E-state index contributed by atoms with van der Waals surface area (Å²) in [5.74, 6) is 0.903. The second-order valence-corrected chi connectivity index (χ2v) is 6.74. The highest BCUT2D eigenvalue weighted by Gasteiger charge is 2.31. The number of carbonyl (C=O) groups excluding carboxylic acids is 1. The van der Waals surface area contributed by atoms with E-state index in [9.17, 15) is 4.79 Å². The molecule has 0 aliphatic carbocycles. The quantitative estimate of drug-likeness (QED) is 0.857. The molecule has 6 heteroatoms. The summed E-state index contributed by atoms with van der Waals surface area (Å²) in [6.45, 7) is 6.24. The highest BCUT2D eigenvalue weighted by molar-refractivity contribution is 5.92. The first-order valence-electron chi connectivity index (χ1n) is 8.69. The molecule has 1 saturated heterocycles. The summed E-state index contributed by atoms with van der Waals surface area (Å²) in [4.78, 5) is 17.2. The lowest BCUT2D eigenvalue weighted by atomic mass is 10.0. The van der Waals surface area contributed by atoms with Gasteiger partial charge < -0.3 is 9.64 Å². The molecule has 1 aliphatic heterocycles. The second kappa shape index (κ2) is 7.27. The molecule has 1 amide bonds. The van der Waals surface area contributed by atoms with E-state index in [0.29, 0.717) is 18.8 Å². The molecule has 0 N–H and O–H groups in total. The predicted octanol–water partition coefficient (Wildman–Crippen LogP) is 2.60. The molecule has 0 bridgehead atoms. The largest absolute Gasteiger partial charge is 0.496 e. The van der Waals surface area contributed by atoms with Crippen molar-refractivity contribution in [1.29, 1.82) is 0 Å². The van der Waals surface area contributed by atoms with E-state index >= 15 is 0 Å². The van der Waals surface area contributed by atoms with Crippen molar-refractivity contribution in [2.24, 2.45) is 0 Å². The Morgan fingerprint density at radius 1 is 1.24 bits per heavy atom. The number of hydrogen-bond donors (Lipinski definition) is 0. The Labute approximate surface area is 149 Å². The Balaban J connectivity index is 1.85. The van der Waals surface area contributed by atoms with Crippen molar-refractivity contribution in [1.82, 2.24) is 19.6 Å². The van der Waals surface area contributed by atoms with Gasteiger partial charge in [-0.3, -0.25) is 14.4 Å². The minimum atomic E-state index is 0.0409. The number of rotatable bonds is 4. The zero-order valence-electron chi connectivity index (χ0n) is 15.3. The topological polar surface area (TPSA) is 50.6 Å². The van der Waals surface area contributed by atoms with E-state index < -0.39 is 0 Å². The molecule has 6 nitrogen and oxygen atoms in total. The van der Waals surface area contributed by atoms with E-state index in [1.807, 2.05) is 36.9 Å². The first kappa shape index (κ1) is 17.5. The van der Waals surface area contributed by atoms with Crippen LogP contribution in [0.3, 0.4) is 0 Å².